The van der Waals surface area contributed by atoms with Gasteiger partial charge in [-0.15, -0.1) is 0 Å². The number of aliphatic hydroxyl groups is 1. The summed E-state index contributed by atoms with van der Waals surface area (Å²) in [5, 5.41) is 12.7. The lowest BCUT2D eigenvalue weighted by molar-refractivity contribution is 0.179. The molecule has 6 heteroatoms. The van der Waals surface area contributed by atoms with Crippen molar-refractivity contribution in [3.05, 3.63) is 36.4 Å². The van der Waals surface area contributed by atoms with Crippen molar-refractivity contribution in [1.82, 2.24) is 9.97 Å². The maximum absolute atomic E-state index is 9.43. The fourth-order valence-electron chi connectivity index (χ4n) is 2.13. The highest BCUT2D eigenvalue weighted by molar-refractivity contribution is 5.61. The average Bonchev–Trinajstić information content (AvgIpc) is 2.46. The molecule has 0 spiro atoms. The summed E-state index contributed by atoms with van der Waals surface area (Å²) in [5.74, 6) is 7.27. The number of hydrogen-bond acceptors (Lipinski definition) is 6. The highest BCUT2D eigenvalue weighted by Crippen LogP contribution is 2.20. The highest BCUT2D eigenvalue weighted by atomic mass is 16.3. The molecule has 2 rings (SSSR count). The van der Waals surface area contributed by atoms with Crippen LogP contribution >= 0.6 is 0 Å². The van der Waals surface area contributed by atoms with Crippen LogP contribution in [0.15, 0.2) is 36.4 Å². The Bertz CT molecular complexity index is 574. The first-order valence-corrected chi connectivity index (χ1v) is 6.94. The lowest BCUT2D eigenvalue weighted by atomic mass is 10.1. The zero-order chi connectivity index (χ0) is 15.2. The number of nitrogens with zero attached hydrogens (tertiary/aromatic N) is 2. The second kappa shape index (κ2) is 7.01. The number of aromatic nitrogens is 2. The van der Waals surface area contributed by atoms with Crippen molar-refractivity contribution in [3.63, 3.8) is 0 Å². The summed E-state index contributed by atoms with van der Waals surface area (Å²) in [6, 6.07) is 11.5. The Kier molecular flexibility index (Phi) is 5.08. The second-order valence-corrected chi connectivity index (χ2v) is 5.10. The van der Waals surface area contributed by atoms with Crippen molar-refractivity contribution in [2.45, 2.75) is 32.4 Å². The molecule has 0 aliphatic rings. The van der Waals surface area contributed by atoms with Crippen LogP contribution in [0.1, 0.15) is 20.3 Å². The van der Waals surface area contributed by atoms with Crippen molar-refractivity contribution >= 4 is 11.6 Å². The van der Waals surface area contributed by atoms with Gasteiger partial charge in [0.05, 0.1) is 6.10 Å². The number of hydrogen-bond donors (Lipinski definition) is 4. The Labute approximate surface area is 124 Å². The van der Waals surface area contributed by atoms with Crippen LogP contribution in [-0.2, 0) is 0 Å². The van der Waals surface area contributed by atoms with Gasteiger partial charge >= 0.3 is 0 Å². The summed E-state index contributed by atoms with van der Waals surface area (Å²) in [5.41, 5.74) is 3.47. The summed E-state index contributed by atoms with van der Waals surface area (Å²) in [4.78, 5) is 8.85. The number of benzene rings is 1. The lowest BCUT2D eigenvalue weighted by Gasteiger charge is -2.17. The van der Waals surface area contributed by atoms with Crippen LogP contribution in [0.3, 0.4) is 0 Å². The highest BCUT2D eigenvalue weighted by Gasteiger charge is 2.10. The molecule has 0 saturated heterocycles. The predicted octanol–water partition coefficient (Wildman–Crippen LogP) is 2.00. The van der Waals surface area contributed by atoms with E-state index in [4.69, 9.17) is 5.84 Å². The third-order valence-electron chi connectivity index (χ3n) is 2.99. The minimum absolute atomic E-state index is 0.0918. The Morgan fingerprint density at radius 1 is 1.14 bits per heavy atom. The van der Waals surface area contributed by atoms with E-state index in [1.165, 1.54) is 0 Å². The Balaban J connectivity index is 2.26. The summed E-state index contributed by atoms with van der Waals surface area (Å²) in [6.07, 6.45) is 0.269. The third kappa shape index (κ3) is 4.40. The first kappa shape index (κ1) is 15.2. The van der Waals surface area contributed by atoms with Gasteiger partial charge in [-0.05, 0) is 20.3 Å². The summed E-state index contributed by atoms with van der Waals surface area (Å²) < 4.78 is 0. The largest absolute Gasteiger partial charge is 0.393 e. The molecule has 0 amide bonds. The van der Waals surface area contributed by atoms with E-state index in [0.29, 0.717) is 23.9 Å². The SMILES string of the molecule is CC(O)CC(C)Nc1cc(NN)nc(-c2ccccc2)n1. The van der Waals surface area contributed by atoms with Crippen LogP contribution in [0.4, 0.5) is 11.6 Å². The number of aliphatic hydroxyl groups excluding tert-OH is 1. The fraction of sp³-hybridized carbons (Fsp3) is 0.333. The molecule has 21 heavy (non-hydrogen) atoms. The standard InChI is InChI=1S/C15H21N5O/c1-10(8-11(2)21)17-13-9-14(20-16)19-15(18-13)12-6-4-3-5-7-12/h3-7,9-11,21H,8,16H2,1-2H3,(H2,17,18,19,20). The van der Waals surface area contributed by atoms with Crippen LogP contribution in [-0.4, -0.2) is 27.2 Å². The zero-order valence-electron chi connectivity index (χ0n) is 12.2. The fourth-order valence-corrected chi connectivity index (χ4v) is 2.13. The number of anilines is 2. The minimum Gasteiger partial charge on any atom is -0.393 e. The molecule has 0 fully saturated rings. The van der Waals surface area contributed by atoms with Gasteiger partial charge in [-0.25, -0.2) is 15.8 Å². The van der Waals surface area contributed by atoms with Gasteiger partial charge in [0.2, 0.25) is 0 Å². The van der Waals surface area contributed by atoms with Gasteiger partial charge in [-0.1, -0.05) is 30.3 Å². The summed E-state index contributed by atoms with van der Waals surface area (Å²) in [7, 11) is 0. The number of nitrogens with two attached hydrogens (primary N) is 1. The Morgan fingerprint density at radius 2 is 1.81 bits per heavy atom. The molecule has 112 valence electrons. The predicted molar refractivity (Wildman–Crippen MR) is 84.7 cm³/mol. The van der Waals surface area contributed by atoms with E-state index in [1.807, 2.05) is 37.3 Å². The Hall–Kier alpha value is -2.18. The molecule has 1 aromatic carbocycles. The van der Waals surface area contributed by atoms with Crippen molar-refractivity contribution in [3.8, 4) is 11.4 Å². The zero-order valence-corrected chi connectivity index (χ0v) is 12.2. The van der Waals surface area contributed by atoms with Gasteiger partial charge < -0.3 is 15.8 Å². The molecule has 0 saturated carbocycles. The summed E-state index contributed by atoms with van der Waals surface area (Å²) >= 11 is 0. The van der Waals surface area contributed by atoms with E-state index >= 15 is 0 Å². The van der Waals surface area contributed by atoms with Crippen molar-refractivity contribution in [1.29, 1.82) is 0 Å². The normalized spacial score (nSPS) is 13.5. The van der Waals surface area contributed by atoms with E-state index in [0.717, 1.165) is 5.56 Å². The van der Waals surface area contributed by atoms with Crippen molar-refractivity contribution in [2.24, 2.45) is 5.84 Å². The van der Waals surface area contributed by atoms with E-state index in [2.05, 4.69) is 20.7 Å². The molecule has 2 aromatic rings. The van der Waals surface area contributed by atoms with Gasteiger partial charge in [-0.2, -0.15) is 0 Å². The number of hydrazine groups is 1. The van der Waals surface area contributed by atoms with Crippen LogP contribution in [0, 0.1) is 0 Å². The van der Waals surface area contributed by atoms with Crippen LogP contribution in [0.25, 0.3) is 11.4 Å². The molecular weight excluding hydrogens is 266 g/mol. The molecular formula is C15H21N5O. The van der Waals surface area contributed by atoms with Crippen LogP contribution < -0.4 is 16.6 Å². The lowest BCUT2D eigenvalue weighted by Crippen LogP contribution is -2.22. The second-order valence-electron chi connectivity index (χ2n) is 5.10. The molecule has 6 nitrogen and oxygen atoms in total. The van der Waals surface area contributed by atoms with Gasteiger partial charge in [0.15, 0.2) is 5.82 Å². The van der Waals surface area contributed by atoms with Crippen molar-refractivity contribution < 1.29 is 5.11 Å². The molecule has 1 aromatic heterocycles. The monoisotopic (exact) mass is 287 g/mol. The van der Waals surface area contributed by atoms with Crippen LogP contribution in [0.5, 0.6) is 0 Å². The molecule has 0 bridgehead atoms. The van der Waals surface area contributed by atoms with E-state index < -0.39 is 0 Å². The van der Waals surface area contributed by atoms with Crippen molar-refractivity contribution in [2.75, 3.05) is 10.7 Å². The third-order valence-corrected chi connectivity index (χ3v) is 2.99. The van der Waals surface area contributed by atoms with E-state index in [1.54, 1.807) is 13.0 Å². The summed E-state index contributed by atoms with van der Waals surface area (Å²) in [6.45, 7) is 3.76. The first-order valence-electron chi connectivity index (χ1n) is 6.94. The van der Waals surface area contributed by atoms with Gasteiger partial charge in [0.1, 0.15) is 11.6 Å². The van der Waals surface area contributed by atoms with E-state index in [9.17, 15) is 5.11 Å². The molecule has 2 unspecified atom stereocenters. The maximum Gasteiger partial charge on any atom is 0.163 e. The molecule has 0 aliphatic heterocycles. The number of nitrogens with one attached hydrogen (secondary N) is 2. The molecule has 2 atom stereocenters. The smallest absolute Gasteiger partial charge is 0.163 e. The van der Waals surface area contributed by atoms with E-state index in [-0.39, 0.29) is 12.1 Å². The van der Waals surface area contributed by atoms with Gasteiger partial charge in [-0.3, -0.25) is 0 Å². The number of nitrogen functional groups attached to an aromatic ring is 1. The minimum atomic E-state index is -0.366. The number of rotatable bonds is 6. The molecule has 0 aliphatic carbocycles. The topological polar surface area (TPSA) is 96.1 Å². The van der Waals surface area contributed by atoms with Gasteiger partial charge in [0, 0.05) is 17.7 Å². The molecule has 5 N–H and O–H groups in total. The average molecular weight is 287 g/mol. The quantitative estimate of drug-likeness (QED) is 0.479. The Morgan fingerprint density at radius 3 is 2.43 bits per heavy atom. The molecule has 0 radical (unpaired) electrons. The van der Waals surface area contributed by atoms with Crippen LogP contribution in [0.2, 0.25) is 0 Å². The molecule has 1 heterocycles. The maximum atomic E-state index is 9.43. The van der Waals surface area contributed by atoms with Gasteiger partial charge in [0.25, 0.3) is 0 Å². The first-order chi connectivity index (χ1) is 10.1.